The number of hydrogen-bond acceptors (Lipinski definition) is 27. The number of carboxylic acid groups (broad SMARTS) is 2. The van der Waals surface area contributed by atoms with E-state index in [9.17, 15) is 101 Å². The molecule has 7 aliphatic rings. The minimum atomic E-state index is -2.73. The second-order valence-electron chi connectivity index (χ2n) is 21.1. The Balaban J connectivity index is 0.956. The lowest BCUT2D eigenvalue weighted by molar-refractivity contribution is -0.381. The van der Waals surface area contributed by atoms with Crippen LogP contribution in [0.4, 0.5) is 0 Å². The van der Waals surface area contributed by atoms with Crippen LogP contribution < -0.4 is 0 Å². The lowest BCUT2D eigenvalue weighted by Crippen LogP contribution is -2.65. The van der Waals surface area contributed by atoms with Crippen molar-refractivity contribution in [3.05, 3.63) is 12.2 Å². The van der Waals surface area contributed by atoms with Crippen molar-refractivity contribution in [1.29, 1.82) is 0 Å². The molecular formula is C48H73O30+. The summed E-state index contributed by atoms with van der Waals surface area (Å²) >= 11 is 0. The summed E-state index contributed by atoms with van der Waals surface area (Å²) in [5, 5.41) is 156. The van der Waals surface area contributed by atoms with Gasteiger partial charge in [-0.2, -0.15) is 0 Å². The zero-order chi connectivity index (χ0) is 56.9. The first-order valence-electron chi connectivity index (χ1n) is 26.0. The van der Waals surface area contributed by atoms with Crippen molar-refractivity contribution in [2.24, 2.45) is 17.8 Å². The van der Waals surface area contributed by atoms with Gasteiger partial charge in [-0.25, -0.2) is 14.4 Å². The van der Waals surface area contributed by atoms with E-state index in [0.717, 1.165) is 6.08 Å². The molecule has 9 unspecified atom stereocenters. The van der Waals surface area contributed by atoms with E-state index in [2.05, 4.69) is 0 Å². The fraction of sp³-hybridized carbons (Fsp3) is 0.854. The Labute approximate surface area is 444 Å². The third kappa shape index (κ3) is 15.0. The molecule has 16 N–H and O–H groups in total. The van der Waals surface area contributed by atoms with Crippen LogP contribution in [-0.4, -0.2) is 278 Å². The van der Waals surface area contributed by atoms with Gasteiger partial charge in [0.15, 0.2) is 31.1 Å². The van der Waals surface area contributed by atoms with E-state index in [4.69, 9.17) is 47.4 Å². The SMILES string of the molecule is O=C(C=CC1CCC(O[C@@H]2O[C@H](CO)[C@@H](O)[C@H](O)[C@H]2O)C(O)C1)O[C@H](C(=O)O)[C@@H](OC(=O)CC(=O)OC[C@H]1O[C@@H](OC2CC3C(O)CC(O)CC3[OH+]C2C2CCC(O)CC2)[C@H](O[C@@H]2OC[C@@H](O)[C@H](O)[C@H]2O)[C@@H](O)[C@H]1O)C(=O)O. The molecule has 3 saturated carbocycles. The quantitative estimate of drug-likeness (QED) is 0.0188. The standard InChI is InChI=1S/C48H72O30/c49-14-28-34(59)36(61)39(64)47(74-28)72-25-7-1-17(9-23(25)53)2-8-30(55)76-42(44(65)66)43(45(67)68)77-32(57)13-31(56)69-16-29-35(60)37(62)41(78-46-38(63)33(58)24(54)15-70-46)48(75-29)73-27-12-21-22(52)10-20(51)11-26(21)71-40(27)18-3-5-19(50)6-4-18/h2,8,17-29,33-43,46-54,58-64H,1,3-7,9-16H2,(H,65,66)(H,67,68)/p+1/t17?,18?,19?,20?,21?,22?,23?,24-,25?,26?,27?,28-,29-,33+,34-,35+,36+,37+,38-,39-,40?,41-,42+,43-,46+,47-,48-/m1/s1. The molecule has 4 saturated heterocycles. The molecule has 0 aromatic heterocycles. The van der Waals surface area contributed by atoms with Gasteiger partial charge >= 0.3 is 29.8 Å². The molecule has 30 heteroatoms. The van der Waals surface area contributed by atoms with Gasteiger partial charge in [0, 0.05) is 24.8 Å². The summed E-state index contributed by atoms with van der Waals surface area (Å²) in [5.41, 5.74) is 0. The predicted molar refractivity (Wildman–Crippen MR) is 247 cm³/mol. The van der Waals surface area contributed by atoms with E-state index in [1.165, 1.54) is 6.08 Å². The maximum Gasteiger partial charge on any atom is 0.349 e. The van der Waals surface area contributed by atoms with E-state index in [-0.39, 0.29) is 44.4 Å². The number of aliphatic carboxylic acids is 2. The Morgan fingerprint density at radius 1 is 0.577 bits per heavy atom. The van der Waals surface area contributed by atoms with E-state index in [1.807, 2.05) is 0 Å². The third-order valence-corrected chi connectivity index (χ3v) is 15.6. The molecule has 4 aliphatic heterocycles. The van der Waals surface area contributed by atoms with Crippen molar-refractivity contribution >= 4 is 29.8 Å². The fourth-order valence-corrected chi connectivity index (χ4v) is 11.2. The topological polar surface area (TPSA) is 485 Å². The highest BCUT2D eigenvalue weighted by atomic mass is 16.8. The van der Waals surface area contributed by atoms with Crippen molar-refractivity contribution in [3.63, 3.8) is 0 Å². The van der Waals surface area contributed by atoms with E-state index < -0.39 is 215 Å². The normalized spacial score (nSPS) is 44.1. The first kappa shape index (κ1) is 61.9. The summed E-state index contributed by atoms with van der Waals surface area (Å²) in [5.74, 6) is -10.0. The van der Waals surface area contributed by atoms with Crippen LogP contribution >= 0.6 is 0 Å². The number of aliphatic hydroxyl groups excluding tert-OH is 13. The molecule has 25 atom stereocenters. The molecule has 0 amide bonds. The maximum absolute atomic E-state index is 13.0. The summed E-state index contributed by atoms with van der Waals surface area (Å²) in [4.78, 5) is 63.2. The number of fused-ring (bicyclic) bond motifs is 1. The molecule has 7 rings (SSSR count). The lowest BCUT2D eigenvalue weighted by atomic mass is 9.73. The summed E-state index contributed by atoms with van der Waals surface area (Å²) in [7, 11) is 0. The van der Waals surface area contributed by atoms with Gasteiger partial charge in [-0.15, -0.1) is 0 Å². The number of carbonyl (C=O) groups excluding carboxylic acids is 3. The molecule has 0 radical (unpaired) electrons. The Kier molecular flexibility index (Phi) is 21.7. The molecule has 30 nitrogen and oxygen atoms in total. The maximum atomic E-state index is 13.0. The molecule has 0 bridgehead atoms. The van der Waals surface area contributed by atoms with Crippen molar-refractivity contribution in [2.75, 3.05) is 19.8 Å². The highest BCUT2D eigenvalue weighted by molar-refractivity contribution is 5.94. The largest absolute Gasteiger partial charge is 0.478 e. The fourth-order valence-electron chi connectivity index (χ4n) is 11.2. The van der Waals surface area contributed by atoms with Gasteiger partial charge in [0.1, 0.15) is 86.3 Å². The number of esters is 3. The van der Waals surface area contributed by atoms with Crippen molar-refractivity contribution in [1.82, 2.24) is 0 Å². The minimum Gasteiger partial charge on any atom is -0.478 e. The molecule has 0 aromatic rings. The van der Waals surface area contributed by atoms with Gasteiger partial charge in [-0.3, -0.25) is 9.59 Å². The first-order valence-corrected chi connectivity index (χ1v) is 26.0. The molecular weight excluding hydrogens is 1060 g/mol. The number of rotatable bonds is 19. The average molecular weight is 1130 g/mol. The second-order valence-corrected chi connectivity index (χ2v) is 21.1. The van der Waals surface area contributed by atoms with E-state index in [0.29, 0.717) is 25.7 Å². The van der Waals surface area contributed by atoms with Crippen LogP contribution in [0.3, 0.4) is 0 Å². The Bertz CT molecular complexity index is 2040. The summed E-state index contributed by atoms with van der Waals surface area (Å²) in [6, 6.07) is 0. The van der Waals surface area contributed by atoms with Gasteiger partial charge in [0.2, 0.25) is 12.2 Å². The smallest absolute Gasteiger partial charge is 0.349 e. The van der Waals surface area contributed by atoms with Crippen LogP contribution in [-0.2, 0) is 66.6 Å². The van der Waals surface area contributed by atoms with Crippen LogP contribution in [0.5, 0.6) is 0 Å². The van der Waals surface area contributed by atoms with Crippen LogP contribution in [0.2, 0.25) is 0 Å². The summed E-state index contributed by atoms with van der Waals surface area (Å²) in [6.45, 7) is -2.18. The number of aliphatic hydroxyl groups is 15. The highest BCUT2D eigenvalue weighted by Gasteiger charge is 2.56. The van der Waals surface area contributed by atoms with E-state index in [1.54, 1.807) is 0 Å². The molecule has 7 fully saturated rings. The zero-order valence-electron chi connectivity index (χ0n) is 42.0. The summed E-state index contributed by atoms with van der Waals surface area (Å²) in [6.07, 6.45) is -32.8. The Morgan fingerprint density at radius 3 is 1.88 bits per heavy atom. The molecule has 0 spiro atoms. The van der Waals surface area contributed by atoms with Gasteiger partial charge in [0.25, 0.3) is 0 Å². The third-order valence-electron chi connectivity index (χ3n) is 15.6. The van der Waals surface area contributed by atoms with Gasteiger partial charge in [-0.1, -0.05) is 6.08 Å². The molecule has 0 aromatic carbocycles. The predicted octanol–water partition coefficient (Wildman–Crippen LogP) is -7.18. The van der Waals surface area contributed by atoms with Crippen LogP contribution in [0.1, 0.15) is 70.6 Å². The van der Waals surface area contributed by atoms with Crippen LogP contribution in [0.25, 0.3) is 0 Å². The average Bonchev–Trinajstić information content (AvgIpc) is 3.49. The molecule has 3 aliphatic carbocycles. The summed E-state index contributed by atoms with van der Waals surface area (Å²) < 4.78 is 54.6. The zero-order valence-corrected chi connectivity index (χ0v) is 42.0. The highest BCUT2D eigenvalue weighted by Crippen LogP contribution is 2.43. The van der Waals surface area contributed by atoms with Crippen LogP contribution in [0.15, 0.2) is 12.2 Å². The lowest BCUT2D eigenvalue weighted by Gasteiger charge is -2.49. The number of carbonyl (C=O) groups is 5. The minimum absolute atomic E-state index is 0.0613. The second kappa shape index (κ2) is 27.4. The van der Waals surface area contributed by atoms with Gasteiger partial charge < -0.3 is 124 Å². The van der Waals surface area contributed by atoms with Gasteiger partial charge in [0.05, 0.1) is 49.7 Å². The molecule has 78 heavy (non-hydrogen) atoms. The Morgan fingerprint density at radius 2 is 1.22 bits per heavy atom. The monoisotopic (exact) mass is 1130 g/mol. The van der Waals surface area contributed by atoms with E-state index >= 15 is 0 Å². The van der Waals surface area contributed by atoms with Crippen molar-refractivity contribution in [2.45, 2.75) is 218 Å². The molecule has 444 valence electrons. The first-order chi connectivity index (χ1) is 36.9. The van der Waals surface area contributed by atoms with Crippen LogP contribution in [0, 0.1) is 17.8 Å². The van der Waals surface area contributed by atoms with Crippen molar-refractivity contribution in [3.8, 4) is 0 Å². The Hall–Kier alpha value is -3.71. The van der Waals surface area contributed by atoms with Crippen molar-refractivity contribution < 1.29 is 148 Å². The molecule has 4 heterocycles. The number of hydrogen-bond donors (Lipinski definition) is 15. The van der Waals surface area contributed by atoms with Gasteiger partial charge in [-0.05, 0) is 57.3 Å². The number of carboxylic acids is 2. The number of ether oxygens (including phenoxy) is 10. The number of allylic oxidation sites excluding steroid dienone is 1.